The second-order valence-electron chi connectivity index (χ2n) is 8.24. The van der Waals surface area contributed by atoms with Gasteiger partial charge in [0.15, 0.2) is 0 Å². The molecule has 2 aliphatic rings. The SMILES string of the molecule is O=C1NCCC1C[C@@H](c1ccc(F)cc1)N1CCC(c2ccc(O)cc2)C(F)(F)C1. The van der Waals surface area contributed by atoms with Gasteiger partial charge in [0.05, 0.1) is 12.5 Å². The normalized spacial score (nSPS) is 25.1. The lowest BCUT2D eigenvalue weighted by Crippen LogP contribution is -2.49. The Balaban J connectivity index is 1.57. The monoisotopic (exact) mass is 418 g/mol. The molecule has 1 amide bonds. The Bertz CT molecular complexity index is 886. The molecule has 0 aromatic heterocycles. The number of aromatic hydroxyl groups is 1. The van der Waals surface area contributed by atoms with E-state index in [1.165, 1.54) is 24.3 Å². The van der Waals surface area contributed by atoms with Crippen LogP contribution in [0.4, 0.5) is 13.2 Å². The van der Waals surface area contributed by atoms with Crippen molar-refractivity contribution in [3.8, 4) is 5.75 Å². The molecule has 7 heteroatoms. The number of phenols is 1. The first-order chi connectivity index (χ1) is 14.3. The summed E-state index contributed by atoms with van der Waals surface area (Å²) in [7, 11) is 0. The van der Waals surface area contributed by atoms with E-state index >= 15 is 8.78 Å². The van der Waals surface area contributed by atoms with E-state index in [0.717, 1.165) is 5.56 Å². The molecule has 2 saturated heterocycles. The van der Waals surface area contributed by atoms with Gasteiger partial charge in [-0.2, -0.15) is 0 Å². The van der Waals surface area contributed by atoms with Crippen molar-refractivity contribution in [3.05, 3.63) is 65.5 Å². The van der Waals surface area contributed by atoms with Crippen LogP contribution in [0, 0.1) is 11.7 Å². The number of hydrogen-bond acceptors (Lipinski definition) is 3. The third kappa shape index (κ3) is 4.31. The molecule has 2 heterocycles. The molecule has 160 valence electrons. The molecule has 2 aromatic carbocycles. The topological polar surface area (TPSA) is 52.6 Å². The third-order valence-electron chi connectivity index (χ3n) is 6.29. The Kier molecular flexibility index (Phi) is 5.73. The number of carbonyl (C=O) groups excluding carboxylic acids is 1. The van der Waals surface area contributed by atoms with Gasteiger partial charge in [-0.1, -0.05) is 24.3 Å². The van der Waals surface area contributed by atoms with E-state index in [-0.39, 0.29) is 35.9 Å². The Hall–Kier alpha value is -2.54. The number of likely N-dealkylation sites (tertiary alicyclic amines) is 1. The number of nitrogens with zero attached hydrogens (tertiary/aromatic N) is 1. The number of nitrogens with one attached hydrogen (secondary N) is 1. The highest BCUT2D eigenvalue weighted by Crippen LogP contribution is 2.44. The number of halogens is 3. The van der Waals surface area contributed by atoms with Gasteiger partial charge in [0.1, 0.15) is 11.6 Å². The van der Waals surface area contributed by atoms with Gasteiger partial charge in [0.25, 0.3) is 5.92 Å². The van der Waals surface area contributed by atoms with Crippen molar-refractivity contribution in [2.24, 2.45) is 5.92 Å². The van der Waals surface area contributed by atoms with E-state index in [1.54, 1.807) is 29.2 Å². The molecule has 0 spiro atoms. The van der Waals surface area contributed by atoms with Crippen molar-refractivity contribution >= 4 is 5.91 Å². The highest BCUT2D eigenvalue weighted by molar-refractivity contribution is 5.80. The van der Waals surface area contributed by atoms with Crippen LogP contribution in [0.25, 0.3) is 0 Å². The van der Waals surface area contributed by atoms with Crippen molar-refractivity contribution < 1.29 is 23.1 Å². The van der Waals surface area contributed by atoms with E-state index in [2.05, 4.69) is 5.32 Å². The molecule has 2 aromatic rings. The van der Waals surface area contributed by atoms with Crippen molar-refractivity contribution in [2.75, 3.05) is 19.6 Å². The quantitative estimate of drug-likeness (QED) is 0.764. The third-order valence-corrected chi connectivity index (χ3v) is 6.29. The number of piperidine rings is 1. The molecule has 4 nitrogen and oxygen atoms in total. The van der Waals surface area contributed by atoms with E-state index < -0.39 is 18.4 Å². The van der Waals surface area contributed by atoms with Gasteiger partial charge < -0.3 is 10.4 Å². The maximum atomic E-state index is 15.2. The van der Waals surface area contributed by atoms with Crippen LogP contribution in [0.5, 0.6) is 5.75 Å². The summed E-state index contributed by atoms with van der Waals surface area (Å²) in [6.45, 7) is 0.602. The average molecular weight is 418 g/mol. The fraction of sp³-hybridized carbons (Fsp3) is 0.435. The summed E-state index contributed by atoms with van der Waals surface area (Å²) in [5, 5.41) is 12.2. The lowest BCUT2D eigenvalue weighted by atomic mass is 9.84. The van der Waals surface area contributed by atoms with Gasteiger partial charge in [0.2, 0.25) is 5.91 Å². The maximum Gasteiger partial charge on any atom is 0.267 e. The van der Waals surface area contributed by atoms with E-state index in [0.29, 0.717) is 31.5 Å². The zero-order valence-corrected chi connectivity index (χ0v) is 16.5. The Labute approximate surface area is 173 Å². The van der Waals surface area contributed by atoms with Crippen LogP contribution in [0.15, 0.2) is 48.5 Å². The van der Waals surface area contributed by atoms with E-state index in [1.807, 2.05) is 0 Å². The summed E-state index contributed by atoms with van der Waals surface area (Å²) in [5.41, 5.74) is 1.25. The maximum absolute atomic E-state index is 15.2. The second kappa shape index (κ2) is 8.30. The molecule has 2 fully saturated rings. The molecule has 0 bridgehead atoms. The molecule has 2 N–H and O–H groups in total. The van der Waals surface area contributed by atoms with Crippen molar-refractivity contribution in [1.82, 2.24) is 10.2 Å². The average Bonchev–Trinajstić information content (AvgIpc) is 3.12. The molecule has 0 radical (unpaired) electrons. The number of phenolic OH excluding ortho intramolecular Hbond substituents is 1. The molecule has 3 atom stereocenters. The summed E-state index contributed by atoms with van der Waals surface area (Å²) >= 11 is 0. The summed E-state index contributed by atoms with van der Waals surface area (Å²) in [4.78, 5) is 13.8. The largest absolute Gasteiger partial charge is 0.508 e. The first-order valence-electron chi connectivity index (χ1n) is 10.3. The number of hydrogen-bond donors (Lipinski definition) is 2. The predicted octanol–water partition coefficient (Wildman–Crippen LogP) is 4.22. The van der Waals surface area contributed by atoms with E-state index in [9.17, 15) is 14.3 Å². The summed E-state index contributed by atoms with van der Waals surface area (Å²) in [6.07, 6.45) is 1.36. The smallest absolute Gasteiger partial charge is 0.267 e. The fourth-order valence-corrected chi connectivity index (χ4v) is 4.67. The number of benzene rings is 2. The Morgan fingerprint density at radius 2 is 1.80 bits per heavy atom. The summed E-state index contributed by atoms with van der Waals surface area (Å²) < 4.78 is 43.8. The van der Waals surface area contributed by atoms with Crippen LogP contribution in [0.3, 0.4) is 0 Å². The molecule has 0 saturated carbocycles. The minimum Gasteiger partial charge on any atom is -0.508 e. The van der Waals surface area contributed by atoms with Crippen LogP contribution in [0.1, 0.15) is 42.3 Å². The fourth-order valence-electron chi connectivity index (χ4n) is 4.67. The second-order valence-corrected chi connectivity index (χ2v) is 8.24. The minimum atomic E-state index is -2.97. The summed E-state index contributed by atoms with van der Waals surface area (Å²) in [6, 6.07) is 11.5. The van der Waals surface area contributed by atoms with Crippen molar-refractivity contribution in [3.63, 3.8) is 0 Å². The molecule has 4 rings (SSSR count). The summed E-state index contributed by atoms with van der Waals surface area (Å²) in [5.74, 6) is -4.52. The van der Waals surface area contributed by atoms with Crippen molar-refractivity contribution in [1.29, 1.82) is 0 Å². The number of alkyl halides is 2. The number of rotatable bonds is 5. The predicted molar refractivity (Wildman–Crippen MR) is 107 cm³/mol. The minimum absolute atomic E-state index is 0.0470. The lowest BCUT2D eigenvalue weighted by Gasteiger charge is -2.43. The van der Waals surface area contributed by atoms with E-state index in [4.69, 9.17) is 0 Å². The molecule has 30 heavy (non-hydrogen) atoms. The number of amides is 1. The van der Waals surface area contributed by atoms with Gasteiger partial charge in [-0.25, -0.2) is 13.2 Å². The first kappa shape index (κ1) is 20.7. The lowest BCUT2D eigenvalue weighted by molar-refractivity contribution is -0.123. The van der Waals surface area contributed by atoms with Gasteiger partial charge in [0, 0.05) is 18.5 Å². The van der Waals surface area contributed by atoms with Crippen LogP contribution < -0.4 is 5.32 Å². The molecule has 2 unspecified atom stereocenters. The van der Waals surface area contributed by atoms with Crippen LogP contribution in [-0.4, -0.2) is 41.5 Å². The van der Waals surface area contributed by atoms with Crippen LogP contribution in [-0.2, 0) is 4.79 Å². The highest BCUT2D eigenvalue weighted by Gasteiger charge is 2.47. The van der Waals surface area contributed by atoms with Gasteiger partial charge >= 0.3 is 0 Å². The zero-order valence-electron chi connectivity index (χ0n) is 16.5. The molecular formula is C23H25F3N2O2. The standard InChI is InChI=1S/C23H25F3N2O2/c24-18-5-1-16(2-6-18)21(13-17-9-11-27-22(17)30)28-12-10-20(23(25,26)14-28)15-3-7-19(29)8-4-15/h1-8,17,20-21,29H,9-14H2,(H,27,30)/t17?,20?,21-/m0/s1. The Morgan fingerprint density at radius 3 is 2.40 bits per heavy atom. The van der Waals surface area contributed by atoms with Crippen molar-refractivity contribution in [2.45, 2.75) is 37.1 Å². The number of carbonyl (C=O) groups is 1. The van der Waals surface area contributed by atoms with Gasteiger partial charge in [-0.15, -0.1) is 0 Å². The molecule has 0 aliphatic carbocycles. The van der Waals surface area contributed by atoms with Gasteiger partial charge in [-0.3, -0.25) is 9.69 Å². The first-order valence-corrected chi connectivity index (χ1v) is 10.3. The Morgan fingerprint density at radius 1 is 1.10 bits per heavy atom. The van der Waals surface area contributed by atoms with Gasteiger partial charge in [-0.05, 0) is 61.2 Å². The van der Waals surface area contributed by atoms with Crippen LogP contribution in [0.2, 0.25) is 0 Å². The highest BCUT2D eigenvalue weighted by atomic mass is 19.3. The van der Waals surface area contributed by atoms with Crippen LogP contribution >= 0.6 is 0 Å². The molecule has 2 aliphatic heterocycles. The molecular weight excluding hydrogens is 393 g/mol. The zero-order chi connectivity index (χ0) is 21.3.